The molecule has 0 aliphatic carbocycles. The van der Waals surface area contributed by atoms with Gasteiger partial charge in [0, 0.05) is 11.9 Å². The van der Waals surface area contributed by atoms with Crippen LogP contribution in [0.15, 0.2) is 41.1 Å². The quantitative estimate of drug-likeness (QED) is 0.604. The Hall–Kier alpha value is -2.12. The number of halogens is 2. The number of benzene rings is 1. The molecular weight excluding hydrogens is 430 g/mol. The van der Waals surface area contributed by atoms with Crippen molar-refractivity contribution in [2.24, 2.45) is 5.92 Å². The summed E-state index contributed by atoms with van der Waals surface area (Å²) in [6.45, 7) is 6.76. The van der Waals surface area contributed by atoms with E-state index in [0.29, 0.717) is 18.1 Å². The van der Waals surface area contributed by atoms with Crippen molar-refractivity contribution in [2.45, 2.75) is 33.9 Å². The van der Waals surface area contributed by atoms with Crippen LogP contribution in [0.4, 0.5) is 5.69 Å². The van der Waals surface area contributed by atoms with E-state index in [-0.39, 0.29) is 11.8 Å². The Morgan fingerprint density at radius 3 is 2.78 bits per heavy atom. The average molecular weight is 451 g/mol. The molecule has 0 bridgehead atoms. The van der Waals surface area contributed by atoms with E-state index in [0.717, 1.165) is 27.1 Å². The highest BCUT2D eigenvalue weighted by Crippen LogP contribution is 2.20. The summed E-state index contributed by atoms with van der Waals surface area (Å²) >= 11 is 9.57. The van der Waals surface area contributed by atoms with E-state index < -0.39 is 0 Å². The predicted octanol–water partition coefficient (Wildman–Crippen LogP) is 4.44. The fourth-order valence-corrected chi connectivity index (χ4v) is 3.28. The first-order valence-electron chi connectivity index (χ1n) is 8.60. The third kappa shape index (κ3) is 4.78. The molecule has 2 aromatic heterocycles. The van der Waals surface area contributed by atoms with E-state index in [1.54, 1.807) is 10.9 Å². The molecule has 1 N–H and O–H groups in total. The van der Waals surface area contributed by atoms with Gasteiger partial charge < -0.3 is 5.32 Å². The van der Waals surface area contributed by atoms with Crippen LogP contribution in [0.3, 0.4) is 0 Å². The fraction of sp³-hybridized carbons (Fsp3) is 0.316. The largest absolute Gasteiger partial charge is 0.326 e. The molecule has 0 saturated carbocycles. The van der Waals surface area contributed by atoms with E-state index in [9.17, 15) is 4.79 Å². The van der Waals surface area contributed by atoms with Gasteiger partial charge in [0.2, 0.25) is 5.91 Å². The van der Waals surface area contributed by atoms with Crippen LogP contribution in [-0.4, -0.2) is 25.5 Å². The molecule has 0 aliphatic rings. The van der Waals surface area contributed by atoms with E-state index >= 15 is 0 Å². The van der Waals surface area contributed by atoms with Gasteiger partial charge in [-0.2, -0.15) is 10.2 Å². The minimum Gasteiger partial charge on any atom is -0.326 e. The second-order valence-electron chi connectivity index (χ2n) is 6.61. The number of aromatic nitrogens is 4. The summed E-state index contributed by atoms with van der Waals surface area (Å²) < 4.78 is 4.55. The van der Waals surface area contributed by atoms with Crippen molar-refractivity contribution in [2.75, 3.05) is 5.32 Å². The van der Waals surface area contributed by atoms with Crippen LogP contribution in [0.2, 0.25) is 5.02 Å². The summed E-state index contributed by atoms with van der Waals surface area (Å²) in [7, 11) is 0. The Morgan fingerprint density at radius 1 is 1.37 bits per heavy atom. The number of amides is 1. The van der Waals surface area contributed by atoms with Gasteiger partial charge in [-0.3, -0.25) is 14.2 Å². The number of nitrogens with one attached hydrogen (secondary N) is 1. The lowest BCUT2D eigenvalue weighted by molar-refractivity contribution is -0.119. The molecule has 0 radical (unpaired) electrons. The number of carbonyl (C=O) groups is 1. The van der Waals surface area contributed by atoms with Gasteiger partial charge in [-0.15, -0.1) is 0 Å². The van der Waals surface area contributed by atoms with Crippen molar-refractivity contribution < 1.29 is 4.79 Å². The van der Waals surface area contributed by atoms with Crippen molar-refractivity contribution in [3.8, 4) is 0 Å². The summed E-state index contributed by atoms with van der Waals surface area (Å²) in [5.41, 5.74) is 3.48. The highest BCUT2D eigenvalue weighted by molar-refractivity contribution is 9.10. The minimum absolute atomic E-state index is 0.0577. The number of rotatable bonds is 6. The number of nitrogens with zero attached hydrogens (tertiary/aromatic N) is 4. The van der Waals surface area contributed by atoms with Gasteiger partial charge in [-0.25, -0.2) is 0 Å². The minimum atomic E-state index is -0.246. The van der Waals surface area contributed by atoms with Crippen LogP contribution in [0.25, 0.3) is 0 Å². The molecule has 3 rings (SSSR count). The highest BCUT2D eigenvalue weighted by atomic mass is 79.9. The normalized spacial score (nSPS) is 12.2. The molecule has 1 unspecified atom stereocenters. The summed E-state index contributed by atoms with van der Waals surface area (Å²) in [4.78, 5) is 12.6. The standard InChI is InChI=1S/C19H21BrClN5O/c1-12(9-26-14(3)18(21)13(2)24-26)19(27)23-17-6-4-5-15(7-17)10-25-11-16(20)8-22-25/h4-8,11-12H,9-10H2,1-3H3,(H,23,27). The van der Waals surface area contributed by atoms with Gasteiger partial charge in [0.15, 0.2) is 0 Å². The van der Waals surface area contributed by atoms with Gasteiger partial charge in [0.05, 0.1) is 46.1 Å². The molecule has 1 aromatic carbocycles. The van der Waals surface area contributed by atoms with Crippen molar-refractivity contribution >= 4 is 39.1 Å². The molecule has 27 heavy (non-hydrogen) atoms. The molecule has 2 heterocycles. The zero-order valence-corrected chi connectivity index (χ0v) is 17.8. The third-order valence-electron chi connectivity index (χ3n) is 4.33. The Labute approximate surface area is 171 Å². The lowest BCUT2D eigenvalue weighted by Crippen LogP contribution is -2.25. The molecule has 0 spiro atoms. The highest BCUT2D eigenvalue weighted by Gasteiger charge is 2.17. The maximum absolute atomic E-state index is 12.6. The Bertz CT molecular complexity index is 965. The number of carbonyl (C=O) groups excluding carboxylic acids is 1. The summed E-state index contributed by atoms with van der Waals surface area (Å²) in [6.07, 6.45) is 3.66. The Morgan fingerprint density at radius 2 is 2.15 bits per heavy atom. The molecule has 6 nitrogen and oxygen atoms in total. The third-order valence-corrected chi connectivity index (χ3v) is 5.28. The second kappa shape index (κ2) is 8.27. The molecule has 142 valence electrons. The monoisotopic (exact) mass is 449 g/mol. The Balaban J connectivity index is 1.64. The van der Waals surface area contributed by atoms with E-state index in [1.807, 2.05) is 55.9 Å². The summed E-state index contributed by atoms with van der Waals surface area (Å²) in [5.74, 6) is -0.303. The molecule has 1 atom stereocenters. The van der Waals surface area contributed by atoms with Crippen molar-refractivity contribution in [3.05, 3.63) is 63.1 Å². The summed E-state index contributed by atoms with van der Waals surface area (Å²) in [6, 6.07) is 7.77. The van der Waals surface area contributed by atoms with Crippen molar-refractivity contribution in [3.63, 3.8) is 0 Å². The molecule has 1 amide bonds. The number of hydrogen-bond donors (Lipinski definition) is 1. The summed E-state index contributed by atoms with van der Waals surface area (Å²) in [5, 5.41) is 12.3. The van der Waals surface area contributed by atoms with Gasteiger partial charge >= 0.3 is 0 Å². The van der Waals surface area contributed by atoms with Crippen molar-refractivity contribution in [1.82, 2.24) is 19.6 Å². The molecular formula is C19H21BrClN5O. The SMILES string of the molecule is Cc1nn(CC(C)C(=O)Nc2cccc(Cn3cc(Br)cn3)c2)c(C)c1Cl. The van der Waals surface area contributed by atoms with Gasteiger partial charge in [0.1, 0.15) is 0 Å². The molecule has 3 aromatic rings. The van der Waals surface area contributed by atoms with E-state index in [2.05, 4.69) is 31.4 Å². The Kier molecular flexibility index (Phi) is 6.01. The van der Waals surface area contributed by atoms with Crippen LogP contribution in [0, 0.1) is 19.8 Å². The first-order chi connectivity index (χ1) is 12.8. The second-order valence-corrected chi connectivity index (χ2v) is 7.91. The van der Waals surface area contributed by atoms with E-state index in [1.165, 1.54) is 0 Å². The average Bonchev–Trinajstić information content (AvgIpc) is 3.13. The van der Waals surface area contributed by atoms with E-state index in [4.69, 9.17) is 11.6 Å². The topological polar surface area (TPSA) is 64.7 Å². The zero-order valence-electron chi connectivity index (χ0n) is 15.4. The lowest BCUT2D eigenvalue weighted by Gasteiger charge is -2.14. The van der Waals surface area contributed by atoms with Crippen molar-refractivity contribution in [1.29, 1.82) is 0 Å². The molecule has 0 fully saturated rings. The molecule has 0 saturated heterocycles. The molecule has 8 heteroatoms. The first-order valence-corrected chi connectivity index (χ1v) is 9.78. The molecule has 0 aliphatic heterocycles. The number of aryl methyl sites for hydroxylation is 1. The maximum Gasteiger partial charge on any atom is 0.229 e. The van der Waals surface area contributed by atoms with Crippen LogP contribution >= 0.6 is 27.5 Å². The predicted molar refractivity (Wildman–Crippen MR) is 110 cm³/mol. The van der Waals surface area contributed by atoms with Gasteiger partial charge in [0.25, 0.3) is 0 Å². The van der Waals surface area contributed by atoms with Crippen LogP contribution in [-0.2, 0) is 17.9 Å². The van der Waals surface area contributed by atoms with Crippen LogP contribution < -0.4 is 5.32 Å². The number of hydrogen-bond acceptors (Lipinski definition) is 3. The van der Waals surface area contributed by atoms with Crippen LogP contribution in [0.1, 0.15) is 23.9 Å². The zero-order chi connectivity index (χ0) is 19.6. The smallest absolute Gasteiger partial charge is 0.229 e. The fourth-order valence-electron chi connectivity index (χ4n) is 2.82. The first kappa shape index (κ1) is 19.6. The number of anilines is 1. The maximum atomic E-state index is 12.6. The van der Waals surface area contributed by atoms with Gasteiger partial charge in [-0.1, -0.05) is 30.7 Å². The van der Waals surface area contributed by atoms with Gasteiger partial charge in [-0.05, 0) is 47.5 Å². The van der Waals surface area contributed by atoms with Crippen LogP contribution in [0.5, 0.6) is 0 Å². The lowest BCUT2D eigenvalue weighted by atomic mass is 10.1.